The maximum atomic E-state index is 11.7. The molecule has 0 spiro atoms. The van der Waals surface area contributed by atoms with E-state index in [1.165, 1.54) is 13.5 Å². The van der Waals surface area contributed by atoms with Gasteiger partial charge in [-0.3, -0.25) is 4.90 Å². The van der Waals surface area contributed by atoms with Gasteiger partial charge in [0.25, 0.3) is 0 Å². The number of methoxy groups -OCH3 is 1. The van der Waals surface area contributed by atoms with Crippen LogP contribution in [-0.2, 0) is 11.3 Å². The van der Waals surface area contributed by atoms with Crippen LogP contribution in [-0.4, -0.2) is 55.6 Å². The van der Waals surface area contributed by atoms with E-state index in [1.54, 1.807) is 6.92 Å². The number of aryl methyl sites for hydroxylation is 1. The SMILES string of the molecule is CCN1CC[C@H](N(C)Cc2cc(C(=O)OC)c(C)o2)[C@@H](C)C1. The number of rotatable bonds is 5. The molecule has 0 bridgehead atoms. The quantitative estimate of drug-likeness (QED) is 0.782. The number of likely N-dealkylation sites (tertiary alicyclic amines) is 1. The zero-order valence-corrected chi connectivity index (χ0v) is 14.4. The summed E-state index contributed by atoms with van der Waals surface area (Å²) in [6.45, 7) is 10.5. The fraction of sp³-hybridized carbons (Fsp3) is 0.706. The Bertz CT molecular complexity index is 512. The maximum absolute atomic E-state index is 11.7. The van der Waals surface area contributed by atoms with Crippen molar-refractivity contribution >= 4 is 5.97 Å². The lowest BCUT2D eigenvalue weighted by Gasteiger charge is -2.40. The number of carbonyl (C=O) groups excluding carboxylic acids is 1. The Morgan fingerprint density at radius 2 is 2.27 bits per heavy atom. The topological polar surface area (TPSA) is 45.9 Å². The standard InChI is InChI=1S/C17H28N2O3/c1-6-19-8-7-16(12(2)10-19)18(4)11-14-9-15(13(3)22-14)17(20)21-5/h9,12,16H,6-8,10-11H2,1-5H3/t12-,16-/m0/s1. The molecular weight excluding hydrogens is 280 g/mol. The number of esters is 1. The highest BCUT2D eigenvalue weighted by molar-refractivity contribution is 5.90. The molecule has 2 atom stereocenters. The van der Waals surface area contributed by atoms with Crippen LogP contribution < -0.4 is 0 Å². The van der Waals surface area contributed by atoms with Gasteiger partial charge in [-0.25, -0.2) is 4.79 Å². The van der Waals surface area contributed by atoms with E-state index in [9.17, 15) is 4.79 Å². The van der Waals surface area contributed by atoms with E-state index < -0.39 is 0 Å². The summed E-state index contributed by atoms with van der Waals surface area (Å²) >= 11 is 0. The van der Waals surface area contributed by atoms with Crippen molar-refractivity contribution in [3.8, 4) is 0 Å². The van der Waals surface area contributed by atoms with Gasteiger partial charge >= 0.3 is 5.97 Å². The van der Waals surface area contributed by atoms with Gasteiger partial charge < -0.3 is 14.1 Å². The number of furan rings is 1. The summed E-state index contributed by atoms with van der Waals surface area (Å²) in [6.07, 6.45) is 1.18. The summed E-state index contributed by atoms with van der Waals surface area (Å²) in [7, 11) is 3.53. The maximum Gasteiger partial charge on any atom is 0.341 e. The molecule has 0 N–H and O–H groups in total. The highest BCUT2D eigenvalue weighted by Gasteiger charge is 2.29. The van der Waals surface area contributed by atoms with Crippen LogP contribution >= 0.6 is 0 Å². The van der Waals surface area contributed by atoms with Crippen LogP contribution in [0.15, 0.2) is 10.5 Å². The number of nitrogens with zero attached hydrogens (tertiary/aromatic N) is 2. The van der Waals surface area contributed by atoms with Gasteiger partial charge in [0.15, 0.2) is 0 Å². The van der Waals surface area contributed by atoms with Gasteiger partial charge in [0.1, 0.15) is 17.1 Å². The minimum Gasteiger partial charge on any atom is -0.465 e. The van der Waals surface area contributed by atoms with Crippen molar-refractivity contribution in [2.45, 2.75) is 39.8 Å². The first-order chi connectivity index (χ1) is 10.5. The summed E-state index contributed by atoms with van der Waals surface area (Å²) in [6, 6.07) is 2.36. The summed E-state index contributed by atoms with van der Waals surface area (Å²) in [5, 5.41) is 0. The number of piperidine rings is 1. The molecule has 0 radical (unpaired) electrons. The molecule has 5 nitrogen and oxygen atoms in total. The Kier molecular flexibility index (Phi) is 5.64. The van der Waals surface area contributed by atoms with Gasteiger partial charge in [-0.2, -0.15) is 0 Å². The Hall–Kier alpha value is -1.33. The van der Waals surface area contributed by atoms with E-state index in [-0.39, 0.29) is 5.97 Å². The molecule has 5 heteroatoms. The third-order valence-corrected chi connectivity index (χ3v) is 4.74. The summed E-state index contributed by atoms with van der Waals surface area (Å²) in [5.41, 5.74) is 0.528. The predicted molar refractivity (Wildman–Crippen MR) is 85.9 cm³/mol. The minimum absolute atomic E-state index is 0.334. The first-order valence-corrected chi connectivity index (χ1v) is 8.06. The zero-order valence-electron chi connectivity index (χ0n) is 14.4. The second-order valence-electron chi connectivity index (χ2n) is 6.32. The minimum atomic E-state index is -0.334. The van der Waals surface area contributed by atoms with Gasteiger partial charge in [0, 0.05) is 12.6 Å². The number of hydrogen-bond acceptors (Lipinski definition) is 5. The molecule has 2 rings (SSSR count). The molecule has 22 heavy (non-hydrogen) atoms. The molecule has 1 fully saturated rings. The third-order valence-electron chi connectivity index (χ3n) is 4.74. The van der Waals surface area contributed by atoms with Crippen molar-refractivity contribution in [3.05, 3.63) is 23.2 Å². The highest BCUT2D eigenvalue weighted by atomic mass is 16.5. The first kappa shape index (κ1) is 17.0. The molecule has 124 valence electrons. The Balaban J connectivity index is 2.00. The van der Waals surface area contributed by atoms with Crippen LogP contribution in [0.25, 0.3) is 0 Å². The lowest BCUT2D eigenvalue weighted by Crippen LogP contribution is -2.48. The van der Waals surface area contributed by atoms with Crippen molar-refractivity contribution < 1.29 is 13.9 Å². The molecule has 0 saturated carbocycles. The molecule has 0 aromatic carbocycles. The van der Waals surface area contributed by atoms with Crippen molar-refractivity contribution in [1.82, 2.24) is 9.80 Å². The second-order valence-corrected chi connectivity index (χ2v) is 6.32. The molecule has 1 aromatic rings. The van der Waals surface area contributed by atoms with Gasteiger partial charge in [-0.05, 0) is 45.5 Å². The van der Waals surface area contributed by atoms with Crippen LogP contribution in [0, 0.1) is 12.8 Å². The Morgan fingerprint density at radius 1 is 1.55 bits per heavy atom. The van der Waals surface area contributed by atoms with Crippen LogP contribution in [0.5, 0.6) is 0 Å². The van der Waals surface area contributed by atoms with Gasteiger partial charge in [0.2, 0.25) is 0 Å². The Morgan fingerprint density at radius 3 is 2.86 bits per heavy atom. The molecule has 1 saturated heterocycles. The normalized spacial score (nSPS) is 23.0. The van der Waals surface area contributed by atoms with Crippen LogP contribution in [0.1, 0.15) is 42.1 Å². The summed E-state index contributed by atoms with van der Waals surface area (Å²) < 4.78 is 10.5. The van der Waals surface area contributed by atoms with E-state index in [1.807, 2.05) is 6.07 Å². The molecule has 1 aromatic heterocycles. The number of hydrogen-bond donors (Lipinski definition) is 0. The summed E-state index contributed by atoms with van der Waals surface area (Å²) in [4.78, 5) is 16.5. The number of ether oxygens (including phenoxy) is 1. The molecular formula is C17H28N2O3. The molecule has 1 aliphatic heterocycles. The summed E-state index contributed by atoms with van der Waals surface area (Å²) in [5.74, 6) is 1.75. The van der Waals surface area contributed by atoms with E-state index in [0.29, 0.717) is 23.3 Å². The van der Waals surface area contributed by atoms with Crippen LogP contribution in [0.2, 0.25) is 0 Å². The van der Waals surface area contributed by atoms with Gasteiger partial charge in [-0.1, -0.05) is 13.8 Å². The Labute approximate surface area is 133 Å². The van der Waals surface area contributed by atoms with Crippen molar-refractivity contribution in [2.75, 3.05) is 33.8 Å². The molecule has 1 aliphatic rings. The fourth-order valence-corrected chi connectivity index (χ4v) is 3.46. The fourth-order valence-electron chi connectivity index (χ4n) is 3.46. The predicted octanol–water partition coefficient (Wildman–Crippen LogP) is 2.54. The first-order valence-electron chi connectivity index (χ1n) is 8.06. The monoisotopic (exact) mass is 308 g/mol. The van der Waals surface area contributed by atoms with E-state index in [0.717, 1.165) is 31.9 Å². The van der Waals surface area contributed by atoms with Crippen LogP contribution in [0.4, 0.5) is 0 Å². The molecule has 2 heterocycles. The molecule has 0 amide bonds. The highest BCUT2D eigenvalue weighted by Crippen LogP contribution is 2.24. The van der Waals surface area contributed by atoms with Gasteiger partial charge in [-0.15, -0.1) is 0 Å². The van der Waals surface area contributed by atoms with Crippen molar-refractivity contribution in [2.24, 2.45) is 5.92 Å². The number of carbonyl (C=O) groups is 1. The van der Waals surface area contributed by atoms with Crippen LogP contribution in [0.3, 0.4) is 0 Å². The van der Waals surface area contributed by atoms with Crippen molar-refractivity contribution in [1.29, 1.82) is 0 Å². The second kappa shape index (κ2) is 7.29. The average molecular weight is 308 g/mol. The third kappa shape index (κ3) is 3.70. The van der Waals surface area contributed by atoms with E-state index in [4.69, 9.17) is 9.15 Å². The van der Waals surface area contributed by atoms with E-state index in [2.05, 4.69) is 30.7 Å². The van der Waals surface area contributed by atoms with Gasteiger partial charge in [0.05, 0.1) is 13.7 Å². The van der Waals surface area contributed by atoms with E-state index >= 15 is 0 Å². The largest absolute Gasteiger partial charge is 0.465 e. The molecule has 0 aliphatic carbocycles. The van der Waals surface area contributed by atoms with Crippen molar-refractivity contribution in [3.63, 3.8) is 0 Å². The smallest absolute Gasteiger partial charge is 0.341 e. The molecule has 0 unspecified atom stereocenters. The average Bonchev–Trinajstić information content (AvgIpc) is 2.86. The lowest BCUT2D eigenvalue weighted by molar-refractivity contribution is 0.0599. The zero-order chi connectivity index (χ0) is 16.3. The lowest BCUT2D eigenvalue weighted by atomic mass is 9.92.